The van der Waals surface area contributed by atoms with Crippen molar-refractivity contribution >= 4 is 23.5 Å². The lowest BCUT2D eigenvalue weighted by atomic mass is 9.88. The van der Waals surface area contributed by atoms with Crippen molar-refractivity contribution in [3.8, 4) is 0 Å². The molecule has 0 atom stereocenters. The average molecular weight is 286 g/mol. The number of hydrogen-bond acceptors (Lipinski definition) is 3. The Morgan fingerprint density at radius 1 is 1.48 bits per heavy atom. The van der Waals surface area contributed by atoms with Gasteiger partial charge in [0.2, 0.25) is 0 Å². The van der Waals surface area contributed by atoms with Gasteiger partial charge in [0.15, 0.2) is 0 Å². The van der Waals surface area contributed by atoms with E-state index in [1.54, 1.807) is 6.21 Å². The molecule has 1 aliphatic rings. The summed E-state index contributed by atoms with van der Waals surface area (Å²) in [5, 5.41) is 3.80. The van der Waals surface area contributed by atoms with Crippen LogP contribution in [0, 0.1) is 0 Å². The standard InChI is InChI=1S/C16H22N4O/c1-5-20-14-7-6-12(10-18-19-15(17)21)8-13(14)11(2)9-16(20,3)4/h6-10H,5H2,1-4H3,(H3,17,19,21)/b18-10-. The zero-order chi connectivity index (χ0) is 15.6. The summed E-state index contributed by atoms with van der Waals surface area (Å²) in [5.41, 5.74) is 11.8. The van der Waals surface area contributed by atoms with E-state index in [0.29, 0.717) is 0 Å². The number of benzene rings is 1. The van der Waals surface area contributed by atoms with E-state index in [9.17, 15) is 4.79 Å². The number of anilines is 1. The molecule has 0 spiro atoms. The maximum Gasteiger partial charge on any atom is 0.332 e. The third-order valence-corrected chi connectivity index (χ3v) is 3.71. The predicted octanol–water partition coefficient (Wildman–Crippen LogP) is 2.71. The molecule has 0 unspecified atom stereocenters. The Morgan fingerprint density at radius 2 is 2.19 bits per heavy atom. The van der Waals surface area contributed by atoms with Gasteiger partial charge in [-0.15, -0.1) is 0 Å². The lowest BCUT2D eigenvalue weighted by Gasteiger charge is -2.42. The van der Waals surface area contributed by atoms with Crippen LogP contribution in [-0.2, 0) is 0 Å². The monoisotopic (exact) mass is 286 g/mol. The Balaban J connectivity index is 2.38. The molecule has 21 heavy (non-hydrogen) atoms. The van der Waals surface area contributed by atoms with Gasteiger partial charge in [0.05, 0.1) is 11.8 Å². The first kappa shape index (κ1) is 15.1. The molecule has 5 heteroatoms. The minimum atomic E-state index is -0.667. The molecule has 1 aliphatic heterocycles. The molecule has 2 rings (SSSR count). The Hall–Kier alpha value is -2.30. The van der Waals surface area contributed by atoms with Gasteiger partial charge in [-0.3, -0.25) is 0 Å². The second-order valence-corrected chi connectivity index (χ2v) is 5.74. The largest absolute Gasteiger partial charge is 0.363 e. The number of fused-ring (bicyclic) bond motifs is 1. The number of allylic oxidation sites excluding steroid dienone is 1. The summed E-state index contributed by atoms with van der Waals surface area (Å²) in [5.74, 6) is 0. The Bertz CT molecular complexity index is 617. The molecule has 1 heterocycles. The number of nitrogens with one attached hydrogen (secondary N) is 1. The second kappa shape index (κ2) is 5.60. The summed E-state index contributed by atoms with van der Waals surface area (Å²) in [6.45, 7) is 9.66. The summed E-state index contributed by atoms with van der Waals surface area (Å²) in [6.07, 6.45) is 3.87. The number of amides is 2. The average Bonchev–Trinajstić information content (AvgIpc) is 2.38. The number of primary amides is 1. The molecule has 0 aliphatic carbocycles. The lowest BCUT2D eigenvalue weighted by molar-refractivity contribution is 0.249. The summed E-state index contributed by atoms with van der Waals surface area (Å²) in [4.78, 5) is 13.0. The van der Waals surface area contributed by atoms with Crippen molar-refractivity contribution in [1.29, 1.82) is 0 Å². The minimum Gasteiger partial charge on any atom is -0.363 e. The SMILES string of the molecule is CCN1c2ccc(/C=N\NC(N)=O)cc2C(C)=CC1(C)C. The van der Waals surface area contributed by atoms with Crippen molar-refractivity contribution < 1.29 is 4.79 Å². The minimum absolute atomic E-state index is 0.00889. The van der Waals surface area contributed by atoms with Crippen LogP contribution >= 0.6 is 0 Å². The third kappa shape index (κ3) is 3.07. The first-order chi connectivity index (χ1) is 9.85. The molecule has 0 fully saturated rings. The molecule has 1 aromatic carbocycles. The lowest BCUT2D eigenvalue weighted by Crippen LogP contribution is -2.44. The summed E-state index contributed by atoms with van der Waals surface area (Å²) >= 11 is 0. The van der Waals surface area contributed by atoms with Gasteiger partial charge in [-0.2, -0.15) is 5.10 Å². The van der Waals surface area contributed by atoms with Crippen LogP contribution in [0.4, 0.5) is 10.5 Å². The maximum atomic E-state index is 10.6. The molecule has 3 N–H and O–H groups in total. The number of nitrogens with zero attached hydrogens (tertiary/aromatic N) is 2. The number of nitrogens with two attached hydrogens (primary N) is 1. The van der Waals surface area contributed by atoms with Gasteiger partial charge in [-0.05, 0) is 51.0 Å². The molecule has 0 bridgehead atoms. The number of likely N-dealkylation sites (N-methyl/N-ethyl adjacent to an activating group) is 1. The molecule has 5 nitrogen and oxygen atoms in total. The third-order valence-electron chi connectivity index (χ3n) is 3.71. The van der Waals surface area contributed by atoms with Crippen LogP contribution in [0.5, 0.6) is 0 Å². The molecular formula is C16H22N4O. The molecule has 0 saturated carbocycles. The predicted molar refractivity (Wildman–Crippen MR) is 87.5 cm³/mol. The summed E-state index contributed by atoms with van der Waals surface area (Å²) in [6, 6.07) is 5.50. The van der Waals surface area contributed by atoms with E-state index >= 15 is 0 Å². The molecule has 112 valence electrons. The molecule has 0 radical (unpaired) electrons. The summed E-state index contributed by atoms with van der Waals surface area (Å²) < 4.78 is 0. The van der Waals surface area contributed by atoms with Crippen LogP contribution in [0.15, 0.2) is 29.4 Å². The van der Waals surface area contributed by atoms with Crippen LogP contribution in [0.1, 0.15) is 38.8 Å². The van der Waals surface area contributed by atoms with E-state index < -0.39 is 6.03 Å². The van der Waals surface area contributed by atoms with Gasteiger partial charge >= 0.3 is 6.03 Å². The molecule has 1 aromatic rings. The van der Waals surface area contributed by atoms with Crippen molar-refractivity contribution in [2.24, 2.45) is 10.8 Å². The number of hydrogen-bond donors (Lipinski definition) is 2. The topological polar surface area (TPSA) is 70.7 Å². The van der Waals surface area contributed by atoms with Crippen molar-refractivity contribution in [2.75, 3.05) is 11.4 Å². The highest BCUT2D eigenvalue weighted by Crippen LogP contribution is 2.38. The van der Waals surface area contributed by atoms with Gasteiger partial charge in [0.1, 0.15) is 0 Å². The number of carbonyl (C=O) groups is 1. The number of urea groups is 1. The fourth-order valence-corrected chi connectivity index (χ4v) is 2.93. The van der Waals surface area contributed by atoms with Crippen molar-refractivity contribution in [2.45, 2.75) is 33.2 Å². The Kier molecular flexibility index (Phi) is 4.02. The normalized spacial score (nSPS) is 16.6. The van der Waals surface area contributed by atoms with Gasteiger partial charge in [-0.1, -0.05) is 12.1 Å². The van der Waals surface area contributed by atoms with E-state index in [1.807, 2.05) is 6.07 Å². The number of rotatable bonds is 3. The van der Waals surface area contributed by atoms with Crippen molar-refractivity contribution in [1.82, 2.24) is 5.43 Å². The Morgan fingerprint density at radius 3 is 2.81 bits per heavy atom. The number of hydrazone groups is 1. The molecule has 0 aromatic heterocycles. The molecule has 0 saturated heterocycles. The maximum absolute atomic E-state index is 10.6. The second-order valence-electron chi connectivity index (χ2n) is 5.74. The fourth-order valence-electron chi connectivity index (χ4n) is 2.93. The van der Waals surface area contributed by atoms with Gasteiger partial charge in [0.25, 0.3) is 0 Å². The van der Waals surface area contributed by atoms with Crippen molar-refractivity contribution in [3.05, 3.63) is 35.4 Å². The van der Waals surface area contributed by atoms with Gasteiger partial charge < -0.3 is 10.6 Å². The Labute approximate surface area is 125 Å². The highest BCUT2D eigenvalue weighted by atomic mass is 16.2. The van der Waals surface area contributed by atoms with E-state index in [2.05, 4.69) is 61.3 Å². The zero-order valence-electron chi connectivity index (χ0n) is 13.0. The van der Waals surface area contributed by atoms with E-state index in [1.165, 1.54) is 16.8 Å². The van der Waals surface area contributed by atoms with Crippen molar-refractivity contribution in [3.63, 3.8) is 0 Å². The molecular weight excluding hydrogens is 264 g/mol. The highest BCUT2D eigenvalue weighted by Gasteiger charge is 2.29. The fraction of sp³-hybridized carbons (Fsp3) is 0.375. The van der Waals surface area contributed by atoms with Crippen LogP contribution < -0.4 is 16.1 Å². The zero-order valence-corrected chi connectivity index (χ0v) is 13.0. The van der Waals surface area contributed by atoms with Crippen LogP contribution in [0.2, 0.25) is 0 Å². The van der Waals surface area contributed by atoms with Crippen LogP contribution in [0.3, 0.4) is 0 Å². The van der Waals surface area contributed by atoms with Crippen LogP contribution in [-0.4, -0.2) is 24.3 Å². The van der Waals surface area contributed by atoms with Gasteiger partial charge in [-0.25, -0.2) is 10.2 Å². The van der Waals surface area contributed by atoms with Gasteiger partial charge in [0, 0.05) is 17.8 Å². The smallest absolute Gasteiger partial charge is 0.332 e. The quantitative estimate of drug-likeness (QED) is 0.662. The van der Waals surface area contributed by atoms with E-state index in [-0.39, 0.29) is 5.54 Å². The molecule has 2 amide bonds. The van der Waals surface area contributed by atoms with E-state index in [4.69, 9.17) is 5.73 Å². The summed E-state index contributed by atoms with van der Waals surface area (Å²) in [7, 11) is 0. The first-order valence-electron chi connectivity index (χ1n) is 7.05. The highest BCUT2D eigenvalue weighted by molar-refractivity contribution is 5.88. The first-order valence-corrected chi connectivity index (χ1v) is 7.05. The number of carbonyl (C=O) groups excluding carboxylic acids is 1. The van der Waals surface area contributed by atoms with Crippen LogP contribution in [0.25, 0.3) is 5.57 Å². The van der Waals surface area contributed by atoms with E-state index in [0.717, 1.165) is 12.1 Å².